The third-order valence-electron chi connectivity index (χ3n) is 3.59. The van der Waals surface area contributed by atoms with Crippen LogP contribution in [-0.4, -0.2) is 30.4 Å². The lowest BCUT2D eigenvalue weighted by molar-refractivity contribution is -0.124. The largest absolute Gasteiger partial charge is 0.459 e. The minimum atomic E-state index is -0.604. The summed E-state index contributed by atoms with van der Waals surface area (Å²) >= 11 is 0. The van der Waals surface area contributed by atoms with Crippen LogP contribution in [0.25, 0.3) is 0 Å². The lowest BCUT2D eigenvalue weighted by Gasteiger charge is -2.12. The number of carbonyl (C=O) groups is 3. The zero-order chi connectivity index (χ0) is 18.9. The Labute approximate surface area is 151 Å². The molecule has 0 radical (unpaired) electrons. The molecule has 0 aliphatic heterocycles. The van der Waals surface area contributed by atoms with E-state index in [-0.39, 0.29) is 35.8 Å². The predicted octanol–water partition coefficient (Wildman–Crippen LogP) is 2.99. The van der Waals surface area contributed by atoms with E-state index in [1.54, 1.807) is 24.3 Å². The molecule has 0 saturated heterocycles. The molecule has 2 N–H and O–H groups in total. The first kappa shape index (κ1) is 19.2. The standard InChI is InChI=1S/C19H22N2O5/c1-3-5-13(2)20-17(22)12-26-19(24)14-7-9-15(10-8-14)21-18(23)16-6-4-11-25-16/h4,6-11,13H,3,5,12H2,1-2H3,(H,20,22)(H,21,23). The summed E-state index contributed by atoms with van der Waals surface area (Å²) in [5.74, 6) is -1.13. The fourth-order valence-electron chi connectivity index (χ4n) is 2.33. The number of furan rings is 1. The molecule has 7 nitrogen and oxygen atoms in total. The number of carbonyl (C=O) groups excluding carboxylic acids is 3. The van der Waals surface area contributed by atoms with E-state index in [0.29, 0.717) is 5.69 Å². The van der Waals surface area contributed by atoms with Crippen LogP contribution in [-0.2, 0) is 9.53 Å². The van der Waals surface area contributed by atoms with E-state index in [0.717, 1.165) is 12.8 Å². The molecule has 1 aromatic carbocycles. The highest BCUT2D eigenvalue weighted by Gasteiger charge is 2.13. The van der Waals surface area contributed by atoms with E-state index in [2.05, 4.69) is 10.6 Å². The van der Waals surface area contributed by atoms with Gasteiger partial charge in [0.05, 0.1) is 11.8 Å². The molecule has 1 aromatic heterocycles. The lowest BCUT2D eigenvalue weighted by atomic mass is 10.2. The van der Waals surface area contributed by atoms with Gasteiger partial charge in [0, 0.05) is 11.7 Å². The number of amides is 2. The van der Waals surface area contributed by atoms with Gasteiger partial charge in [-0.2, -0.15) is 0 Å². The Bertz CT molecular complexity index is 738. The summed E-state index contributed by atoms with van der Waals surface area (Å²) in [4.78, 5) is 35.5. The fraction of sp³-hybridized carbons (Fsp3) is 0.316. The van der Waals surface area contributed by atoms with E-state index >= 15 is 0 Å². The molecule has 1 heterocycles. The van der Waals surface area contributed by atoms with Gasteiger partial charge >= 0.3 is 5.97 Å². The highest BCUT2D eigenvalue weighted by Crippen LogP contribution is 2.12. The third kappa shape index (κ3) is 5.77. The fourth-order valence-corrected chi connectivity index (χ4v) is 2.33. The summed E-state index contributed by atoms with van der Waals surface area (Å²) in [7, 11) is 0. The quantitative estimate of drug-likeness (QED) is 0.707. The van der Waals surface area contributed by atoms with Gasteiger partial charge in [0.25, 0.3) is 11.8 Å². The minimum Gasteiger partial charge on any atom is -0.459 e. The molecular weight excluding hydrogens is 336 g/mol. The van der Waals surface area contributed by atoms with Gasteiger partial charge in [-0.1, -0.05) is 13.3 Å². The van der Waals surface area contributed by atoms with Gasteiger partial charge in [-0.15, -0.1) is 0 Å². The number of anilines is 1. The van der Waals surface area contributed by atoms with Crippen molar-refractivity contribution in [2.75, 3.05) is 11.9 Å². The van der Waals surface area contributed by atoms with Crippen LogP contribution in [0.3, 0.4) is 0 Å². The summed E-state index contributed by atoms with van der Waals surface area (Å²) in [6.45, 7) is 3.60. The van der Waals surface area contributed by atoms with E-state index < -0.39 is 5.97 Å². The SMILES string of the molecule is CCCC(C)NC(=O)COC(=O)c1ccc(NC(=O)c2ccco2)cc1. The average molecular weight is 358 g/mol. The van der Waals surface area contributed by atoms with Crippen LogP contribution >= 0.6 is 0 Å². The zero-order valence-corrected chi connectivity index (χ0v) is 14.8. The number of benzene rings is 1. The molecule has 0 aliphatic carbocycles. The smallest absolute Gasteiger partial charge is 0.338 e. The zero-order valence-electron chi connectivity index (χ0n) is 14.8. The second kappa shape index (κ2) is 9.41. The van der Waals surface area contributed by atoms with Crippen LogP contribution in [0.4, 0.5) is 5.69 Å². The van der Waals surface area contributed by atoms with Crippen LogP contribution in [0.1, 0.15) is 47.6 Å². The molecule has 1 unspecified atom stereocenters. The van der Waals surface area contributed by atoms with Crippen LogP contribution < -0.4 is 10.6 Å². The summed E-state index contributed by atoms with van der Waals surface area (Å²) in [5, 5.41) is 5.40. The van der Waals surface area contributed by atoms with E-state index in [1.807, 2.05) is 13.8 Å². The van der Waals surface area contributed by atoms with Crippen molar-refractivity contribution in [1.29, 1.82) is 0 Å². The first-order chi connectivity index (χ1) is 12.5. The number of esters is 1. The second-order valence-electron chi connectivity index (χ2n) is 5.84. The van der Waals surface area contributed by atoms with Crippen molar-refractivity contribution in [2.45, 2.75) is 32.7 Å². The number of ether oxygens (including phenoxy) is 1. The number of hydrogen-bond acceptors (Lipinski definition) is 5. The number of hydrogen-bond donors (Lipinski definition) is 2. The molecule has 2 rings (SSSR count). The van der Waals surface area contributed by atoms with Gasteiger partial charge in [-0.05, 0) is 49.7 Å². The first-order valence-corrected chi connectivity index (χ1v) is 8.41. The second-order valence-corrected chi connectivity index (χ2v) is 5.84. The third-order valence-corrected chi connectivity index (χ3v) is 3.59. The Morgan fingerprint density at radius 3 is 2.50 bits per heavy atom. The molecule has 138 valence electrons. The molecule has 0 fully saturated rings. The van der Waals surface area contributed by atoms with E-state index in [1.165, 1.54) is 18.4 Å². The molecule has 0 saturated carbocycles. The van der Waals surface area contributed by atoms with Gasteiger partial charge in [0.1, 0.15) is 0 Å². The Morgan fingerprint density at radius 1 is 1.15 bits per heavy atom. The van der Waals surface area contributed by atoms with E-state index in [9.17, 15) is 14.4 Å². The Kier molecular flexibility index (Phi) is 6.96. The Morgan fingerprint density at radius 2 is 1.88 bits per heavy atom. The molecule has 0 aliphatic rings. The molecule has 0 bridgehead atoms. The average Bonchev–Trinajstić information content (AvgIpc) is 3.15. The number of nitrogens with one attached hydrogen (secondary N) is 2. The first-order valence-electron chi connectivity index (χ1n) is 8.41. The monoisotopic (exact) mass is 358 g/mol. The Hall–Kier alpha value is -3.09. The van der Waals surface area contributed by atoms with Crippen molar-refractivity contribution < 1.29 is 23.5 Å². The Balaban J connectivity index is 1.82. The normalized spacial score (nSPS) is 11.5. The molecule has 7 heteroatoms. The van der Waals surface area contributed by atoms with Gasteiger partial charge in [-0.3, -0.25) is 9.59 Å². The lowest BCUT2D eigenvalue weighted by Crippen LogP contribution is -2.35. The van der Waals surface area contributed by atoms with Gasteiger partial charge in [-0.25, -0.2) is 4.79 Å². The van der Waals surface area contributed by atoms with Crippen molar-refractivity contribution in [2.24, 2.45) is 0 Å². The topological polar surface area (TPSA) is 97.6 Å². The number of rotatable bonds is 8. The van der Waals surface area contributed by atoms with Gasteiger partial charge in [0.15, 0.2) is 12.4 Å². The maximum atomic E-state index is 12.0. The van der Waals surface area contributed by atoms with Gasteiger partial charge < -0.3 is 19.8 Å². The minimum absolute atomic E-state index is 0.0447. The van der Waals surface area contributed by atoms with Crippen LogP contribution in [0.5, 0.6) is 0 Å². The van der Waals surface area contributed by atoms with Crippen LogP contribution in [0.2, 0.25) is 0 Å². The van der Waals surface area contributed by atoms with Crippen molar-refractivity contribution in [3.8, 4) is 0 Å². The molecule has 1 atom stereocenters. The maximum absolute atomic E-state index is 12.0. The molecule has 0 spiro atoms. The van der Waals surface area contributed by atoms with Crippen molar-refractivity contribution in [3.63, 3.8) is 0 Å². The maximum Gasteiger partial charge on any atom is 0.338 e. The molecule has 26 heavy (non-hydrogen) atoms. The highest BCUT2D eigenvalue weighted by molar-refractivity contribution is 6.02. The summed E-state index contributed by atoms with van der Waals surface area (Å²) in [5.41, 5.74) is 0.796. The molecule has 2 amide bonds. The van der Waals surface area contributed by atoms with Crippen molar-refractivity contribution >= 4 is 23.5 Å². The molecule has 2 aromatic rings. The van der Waals surface area contributed by atoms with Gasteiger partial charge in [0.2, 0.25) is 0 Å². The molecular formula is C19H22N2O5. The summed E-state index contributed by atoms with van der Waals surface area (Å²) < 4.78 is 10.00. The predicted molar refractivity (Wildman–Crippen MR) is 95.9 cm³/mol. The summed E-state index contributed by atoms with van der Waals surface area (Å²) in [6, 6.07) is 9.38. The highest BCUT2D eigenvalue weighted by atomic mass is 16.5. The van der Waals surface area contributed by atoms with Crippen LogP contribution in [0, 0.1) is 0 Å². The van der Waals surface area contributed by atoms with E-state index in [4.69, 9.17) is 9.15 Å². The van der Waals surface area contributed by atoms with Crippen molar-refractivity contribution in [1.82, 2.24) is 5.32 Å². The van der Waals surface area contributed by atoms with Crippen LogP contribution in [0.15, 0.2) is 47.1 Å². The van der Waals surface area contributed by atoms with Crippen molar-refractivity contribution in [3.05, 3.63) is 54.0 Å². The summed E-state index contributed by atoms with van der Waals surface area (Å²) in [6.07, 6.45) is 3.24.